The number of nitrogens with zero attached hydrogens (tertiary/aromatic N) is 2. The van der Waals surface area contributed by atoms with Crippen molar-refractivity contribution >= 4 is 44.9 Å². The van der Waals surface area contributed by atoms with E-state index in [1.165, 1.54) is 55.3 Å². The molecule has 0 unspecified atom stereocenters. The van der Waals surface area contributed by atoms with E-state index in [1.807, 2.05) is 0 Å². The molecule has 0 amide bonds. The van der Waals surface area contributed by atoms with Crippen molar-refractivity contribution in [2.24, 2.45) is 0 Å². The highest BCUT2D eigenvalue weighted by Gasteiger charge is 2.46. The average Bonchev–Trinajstić information content (AvgIpc) is 3.64. The first-order chi connectivity index (χ1) is 30.3. The zero-order valence-corrected chi connectivity index (χ0v) is 33.6. The Balaban J connectivity index is 1.17. The number of anilines is 6. The largest absolute Gasteiger partial charge is 0.311 e. The van der Waals surface area contributed by atoms with Crippen molar-refractivity contribution in [2.75, 3.05) is 9.80 Å². The summed E-state index contributed by atoms with van der Waals surface area (Å²) in [6.07, 6.45) is 0. The van der Waals surface area contributed by atoms with Crippen molar-refractivity contribution < 1.29 is 0 Å². The third-order valence-corrected chi connectivity index (χ3v) is 12.3. The molecule has 0 aliphatic heterocycles. The molecule has 11 rings (SSSR count). The standard InChI is InChI=1S/C59H42N2/c1-6-21-44(22-7-1)58-52-31-17-16-20-43(52)34-41-57(58)61(50-37-35-49(36-38-50)60(47-27-12-4-13-28-47)48-29-14-5-15-30-48)51-39-40-54-53-32-18-19-33-55(53)59(56(54)42-51,45-23-8-2-9-24-45)46-25-10-3-11-26-46/h1-42H. The average molecular weight is 779 g/mol. The van der Waals surface area contributed by atoms with Gasteiger partial charge < -0.3 is 9.80 Å². The molecule has 0 saturated heterocycles. The summed E-state index contributed by atoms with van der Waals surface area (Å²) in [5.74, 6) is 0. The first-order valence-corrected chi connectivity index (χ1v) is 21.0. The summed E-state index contributed by atoms with van der Waals surface area (Å²) in [7, 11) is 0. The summed E-state index contributed by atoms with van der Waals surface area (Å²) in [4.78, 5) is 4.79. The third kappa shape index (κ3) is 6.12. The summed E-state index contributed by atoms with van der Waals surface area (Å²) in [5, 5.41) is 2.42. The highest BCUT2D eigenvalue weighted by molar-refractivity contribution is 6.05. The Labute approximate surface area is 357 Å². The molecule has 2 heteroatoms. The lowest BCUT2D eigenvalue weighted by molar-refractivity contribution is 0.768. The van der Waals surface area contributed by atoms with E-state index >= 15 is 0 Å². The fourth-order valence-electron chi connectivity index (χ4n) is 9.71. The Morgan fingerprint density at radius 1 is 0.295 bits per heavy atom. The Bertz CT molecular complexity index is 3030. The lowest BCUT2D eigenvalue weighted by Gasteiger charge is -2.35. The first-order valence-electron chi connectivity index (χ1n) is 21.0. The number of para-hydroxylation sites is 2. The zero-order valence-electron chi connectivity index (χ0n) is 33.6. The van der Waals surface area contributed by atoms with Gasteiger partial charge in [0, 0.05) is 34.0 Å². The highest BCUT2D eigenvalue weighted by atomic mass is 15.2. The Morgan fingerprint density at radius 3 is 1.38 bits per heavy atom. The summed E-state index contributed by atoms with van der Waals surface area (Å²) in [6, 6.07) is 92.7. The van der Waals surface area contributed by atoms with Gasteiger partial charge in [-0.15, -0.1) is 0 Å². The molecule has 1 aliphatic rings. The molecule has 0 heterocycles. The lowest BCUT2D eigenvalue weighted by Crippen LogP contribution is -2.28. The molecule has 0 spiro atoms. The molecule has 0 atom stereocenters. The van der Waals surface area contributed by atoms with Crippen LogP contribution in [0.1, 0.15) is 22.3 Å². The van der Waals surface area contributed by atoms with Crippen molar-refractivity contribution in [3.8, 4) is 22.3 Å². The summed E-state index contributed by atoms with van der Waals surface area (Å²) in [6.45, 7) is 0. The SMILES string of the molecule is c1ccc(-c2c(N(c3ccc(N(c4ccccc4)c4ccccc4)cc3)c3ccc4c(c3)C(c3ccccc3)(c3ccccc3)c3ccccc3-4)ccc3ccccc23)cc1. The maximum atomic E-state index is 2.47. The van der Waals surface area contributed by atoms with Gasteiger partial charge in [0.15, 0.2) is 0 Å². The van der Waals surface area contributed by atoms with Gasteiger partial charge in [-0.05, 0) is 116 Å². The van der Waals surface area contributed by atoms with Crippen LogP contribution in [0.25, 0.3) is 33.0 Å². The molecule has 10 aromatic rings. The van der Waals surface area contributed by atoms with Crippen LogP contribution in [-0.2, 0) is 5.41 Å². The number of rotatable bonds is 9. The molecule has 0 radical (unpaired) electrons. The quantitative estimate of drug-likeness (QED) is 0.144. The minimum absolute atomic E-state index is 0.530. The van der Waals surface area contributed by atoms with Crippen LogP contribution < -0.4 is 9.80 Å². The van der Waals surface area contributed by atoms with Gasteiger partial charge in [0.05, 0.1) is 11.1 Å². The second kappa shape index (κ2) is 15.3. The fourth-order valence-corrected chi connectivity index (χ4v) is 9.71. The molecule has 0 bridgehead atoms. The third-order valence-electron chi connectivity index (χ3n) is 12.3. The van der Waals surface area contributed by atoms with E-state index in [9.17, 15) is 0 Å². The second-order valence-corrected chi connectivity index (χ2v) is 15.7. The van der Waals surface area contributed by atoms with Crippen molar-refractivity contribution in [3.05, 3.63) is 277 Å². The van der Waals surface area contributed by atoms with E-state index in [0.29, 0.717) is 0 Å². The zero-order chi connectivity index (χ0) is 40.6. The summed E-state index contributed by atoms with van der Waals surface area (Å²) >= 11 is 0. The van der Waals surface area contributed by atoms with Crippen molar-refractivity contribution in [1.82, 2.24) is 0 Å². The minimum Gasteiger partial charge on any atom is -0.311 e. The van der Waals surface area contributed by atoms with Crippen LogP contribution >= 0.6 is 0 Å². The van der Waals surface area contributed by atoms with Crippen LogP contribution in [0.5, 0.6) is 0 Å². The van der Waals surface area contributed by atoms with Crippen LogP contribution in [0.2, 0.25) is 0 Å². The number of hydrogen-bond donors (Lipinski definition) is 0. The number of hydrogen-bond acceptors (Lipinski definition) is 2. The molecular weight excluding hydrogens is 737 g/mol. The molecular formula is C59H42N2. The molecule has 2 nitrogen and oxygen atoms in total. The van der Waals surface area contributed by atoms with E-state index in [-0.39, 0.29) is 0 Å². The van der Waals surface area contributed by atoms with Crippen LogP contribution in [0.4, 0.5) is 34.1 Å². The van der Waals surface area contributed by atoms with Crippen molar-refractivity contribution in [2.45, 2.75) is 5.41 Å². The van der Waals surface area contributed by atoms with E-state index in [0.717, 1.165) is 34.1 Å². The molecule has 0 N–H and O–H groups in total. The van der Waals surface area contributed by atoms with Crippen LogP contribution in [0.3, 0.4) is 0 Å². The van der Waals surface area contributed by atoms with Crippen LogP contribution in [-0.4, -0.2) is 0 Å². The second-order valence-electron chi connectivity index (χ2n) is 15.7. The van der Waals surface area contributed by atoms with E-state index in [4.69, 9.17) is 0 Å². The van der Waals surface area contributed by atoms with Crippen molar-refractivity contribution in [3.63, 3.8) is 0 Å². The van der Waals surface area contributed by atoms with Gasteiger partial charge in [-0.3, -0.25) is 0 Å². The highest BCUT2D eigenvalue weighted by Crippen LogP contribution is 2.57. The van der Waals surface area contributed by atoms with Gasteiger partial charge in [-0.1, -0.05) is 188 Å². The molecule has 0 saturated carbocycles. The number of fused-ring (bicyclic) bond motifs is 4. The lowest BCUT2D eigenvalue weighted by atomic mass is 9.67. The van der Waals surface area contributed by atoms with E-state index < -0.39 is 5.41 Å². The van der Waals surface area contributed by atoms with Gasteiger partial charge >= 0.3 is 0 Å². The minimum atomic E-state index is -0.530. The predicted molar refractivity (Wildman–Crippen MR) is 256 cm³/mol. The maximum absolute atomic E-state index is 2.47. The molecule has 1 aliphatic carbocycles. The smallest absolute Gasteiger partial charge is 0.0714 e. The van der Waals surface area contributed by atoms with Gasteiger partial charge in [0.1, 0.15) is 0 Å². The topological polar surface area (TPSA) is 6.48 Å². The van der Waals surface area contributed by atoms with Crippen molar-refractivity contribution in [1.29, 1.82) is 0 Å². The van der Waals surface area contributed by atoms with Gasteiger partial charge in [-0.2, -0.15) is 0 Å². The van der Waals surface area contributed by atoms with Gasteiger partial charge in [0.25, 0.3) is 0 Å². The summed E-state index contributed by atoms with van der Waals surface area (Å²) < 4.78 is 0. The Hall–Kier alpha value is -7.94. The molecule has 288 valence electrons. The monoisotopic (exact) mass is 778 g/mol. The Kier molecular flexibility index (Phi) is 9.09. The van der Waals surface area contributed by atoms with E-state index in [2.05, 4.69) is 265 Å². The van der Waals surface area contributed by atoms with Crippen LogP contribution in [0.15, 0.2) is 255 Å². The first kappa shape index (κ1) is 36.2. The molecule has 10 aromatic carbocycles. The molecule has 61 heavy (non-hydrogen) atoms. The fraction of sp³-hybridized carbons (Fsp3) is 0.0169. The predicted octanol–water partition coefficient (Wildman–Crippen LogP) is 15.8. The van der Waals surface area contributed by atoms with E-state index in [1.54, 1.807) is 0 Å². The molecule has 0 aromatic heterocycles. The summed E-state index contributed by atoms with van der Waals surface area (Å²) in [5.41, 5.74) is 16.0. The normalized spacial score (nSPS) is 12.4. The Morgan fingerprint density at radius 2 is 0.754 bits per heavy atom. The maximum Gasteiger partial charge on any atom is 0.0714 e. The van der Waals surface area contributed by atoms with Gasteiger partial charge in [0.2, 0.25) is 0 Å². The van der Waals surface area contributed by atoms with Gasteiger partial charge in [-0.25, -0.2) is 0 Å². The van der Waals surface area contributed by atoms with Crippen LogP contribution in [0, 0.1) is 0 Å². The number of benzene rings is 10. The molecule has 0 fully saturated rings.